The molecule has 3 rings (SSSR count). The van der Waals surface area contributed by atoms with Crippen molar-refractivity contribution in [1.29, 1.82) is 0 Å². The second kappa shape index (κ2) is 5.83. The Bertz CT molecular complexity index is 893. The van der Waals surface area contributed by atoms with E-state index in [4.69, 9.17) is 0 Å². The van der Waals surface area contributed by atoms with Crippen molar-refractivity contribution in [3.63, 3.8) is 0 Å². The van der Waals surface area contributed by atoms with Crippen molar-refractivity contribution < 1.29 is 0 Å². The Labute approximate surface area is 134 Å². The summed E-state index contributed by atoms with van der Waals surface area (Å²) in [7, 11) is 0. The highest BCUT2D eigenvalue weighted by Gasteiger charge is 2.17. The number of aromatic amines is 1. The van der Waals surface area contributed by atoms with E-state index in [2.05, 4.69) is 41.0 Å². The Hall–Kier alpha value is -2.69. The summed E-state index contributed by atoms with van der Waals surface area (Å²) in [6.45, 7) is 6.77. The van der Waals surface area contributed by atoms with Crippen LogP contribution in [-0.4, -0.2) is 15.0 Å². The van der Waals surface area contributed by atoms with Crippen molar-refractivity contribution in [1.82, 2.24) is 15.0 Å². The van der Waals surface area contributed by atoms with E-state index in [1.165, 1.54) is 0 Å². The highest BCUT2D eigenvalue weighted by Crippen LogP contribution is 2.20. The monoisotopic (exact) mass is 308 g/mol. The smallest absolute Gasteiger partial charge is 0.248 e. The molecule has 3 aromatic rings. The Balaban J connectivity index is 1.88. The summed E-state index contributed by atoms with van der Waals surface area (Å²) in [6.07, 6.45) is 1.76. The van der Waals surface area contributed by atoms with Crippen molar-refractivity contribution in [3.05, 3.63) is 64.3 Å². The Morgan fingerprint density at radius 3 is 2.74 bits per heavy atom. The molecular formula is C18H20N4O. The second-order valence-electron chi connectivity index (χ2n) is 6.57. The molecule has 5 heteroatoms. The number of aromatic nitrogens is 3. The van der Waals surface area contributed by atoms with Crippen LogP contribution in [0.15, 0.2) is 47.4 Å². The predicted molar refractivity (Wildman–Crippen MR) is 92.6 cm³/mol. The first-order chi connectivity index (χ1) is 10.9. The lowest BCUT2D eigenvalue weighted by atomic mass is 9.96. The van der Waals surface area contributed by atoms with Crippen LogP contribution in [0, 0.1) is 0 Å². The fourth-order valence-corrected chi connectivity index (χ4v) is 2.43. The zero-order valence-electron chi connectivity index (χ0n) is 13.6. The van der Waals surface area contributed by atoms with E-state index in [0.717, 1.165) is 28.1 Å². The topological polar surface area (TPSA) is 70.7 Å². The molecule has 5 nitrogen and oxygen atoms in total. The number of nitrogens with one attached hydrogen (secondary N) is 2. The minimum Gasteiger partial charge on any atom is -0.366 e. The van der Waals surface area contributed by atoms with Gasteiger partial charge in [-0.15, -0.1) is 0 Å². The van der Waals surface area contributed by atoms with Gasteiger partial charge in [-0.25, -0.2) is 9.97 Å². The number of hydrogen-bond acceptors (Lipinski definition) is 4. The van der Waals surface area contributed by atoms with Gasteiger partial charge in [0.25, 0.3) is 0 Å². The molecule has 0 bridgehead atoms. The number of hydrogen-bond donors (Lipinski definition) is 2. The largest absolute Gasteiger partial charge is 0.366 e. The second-order valence-corrected chi connectivity index (χ2v) is 6.57. The Morgan fingerprint density at radius 2 is 1.96 bits per heavy atom. The number of para-hydroxylation sites is 1. The van der Waals surface area contributed by atoms with Crippen LogP contribution in [-0.2, 0) is 12.0 Å². The van der Waals surface area contributed by atoms with Gasteiger partial charge in [0.2, 0.25) is 5.56 Å². The lowest BCUT2D eigenvalue weighted by molar-refractivity contribution is 0.546. The van der Waals surface area contributed by atoms with Crippen LogP contribution >= 0.6 is 0 Å². The van der Waals surface area contributed by atoms with Crippen LogP contribution < -0.4 is 10.9 Å². The van der Waals surface area contributed by atoms with E-state index >= 15 is 0 Å². The molecular weight excluding hydrogens is 288 g/mol. The maximum Gasteiger partial charge on any atom is 0.248 e. The number of pyridine rings is 1. The minimum atomic E-state index is -0.103. The van der Waals surface area contributed by atoms with Gasteiger partial charge < -0.3 is 10.3 Å². The van der Waals surface area contributed by atoms with Crippen LogP contribution in [0.25, 0.3) is 10.9 Å². The molecule has 0 aliphatic heterocycles. The first-order valence-electron chi connectivity index (χ1n) is 7.62. The van der Waals surface area contributed by atoms with E-state index in [-0.39, 0.29) is 11.0 Å². The fourth-order valence-electron chi connectivity index (χ4n) is 2.43. The molecule has 0 atom stereocenters. The molecule has 1 aromatic carbocycles. The number of nitrogens with zero attached hydrogens (tertiary/aromatic N) is 2. The molecule has 0 amide bonds. The molecule has 0 aliphatic rings. The summed E-state index contributed by atoms with van der Waals surface area (Å²) in [5.41, 5.74) is 1.59. The van der Waals surface area contributed by atoms with Gasteiger partial charge >= 0.3 is 0 Å². The van der Waals surface area contributed by atoms with E-state index < -0.39 is 0 Å². The zero-order valence-corrected chi connectivity index (χ0v) is 13.6. The molecule has 2 N–H and O–H groups in total. The summed E-state index contributed by atoms with van der Waals surface area (Å²) in [5, 5.41) is 4.32. The molecule has 0 unspecified atom stereocenters. The van der Waals surface area contributed by atoms with Crippen LogP contribution in [0.4, 0.5) is 5.82 Å². The number of H-pyrrole nitrogens is 1. The third-order valence-electron chi connectivity index (χ3n) is 3.62. The number of fused-ring (bicyclic) bond motifs is 1. The van der Waals surface area contributed by atoms with Gasteiger partial charge in [0.1, 0.15) is 11.6 Å². The molecule has 0 aliphatic carbocycles. The average Bonchev–Trinajstić information content (AvgIpc) is 2.52. The van der Waals surface area contributed by atoms with Gasteiger partial charge in [-0.3, -0.25) is 4.79 Å². The van der Waals surface area contributed by atoms with E-state index in [1.807, 2.05) is 30.3 Å². The maximum atomic E-state index is 11.8. The zero-order chi connectivity index (χ0) is 16.4. The molecule has 2 aromatic heterocycles. The van der Waals surface area contributed by atoms with Gasteiger partial charge in [0.05, 0.1) is 0 Å². The molecule has 0 fully saturated rings. The molecule has 0 saturated heterocycles. The van der Waals surface area contributed by atoms with Crippen molar-refractivity contribution >= 4 is 16.7 Å². The van der Waals surface area contributed by atoms with Gasteiger partial charge in [0, 0.05) is 35.1 Å². The lowest BCUT2D eigenvalue weighted by Crippen LogP contribution is -2.17. The standard InChI is InChI=1S/C18H20N4O/c1-18(2,3)17-19-9-8-15(22-17)20-11-12-10-16(23)21-14-7-5-4-6-13(12)14/h4-10H,11H2,1-3H3,(H,21,23)(H,19,20,22). The Kier molecular flexibility index (Phi) is 3.86. The van der Waals surface area contributed by atoms with Crippen molar-refractivity contribution in [3.8, 4) is 0 Å². The quantitative estimate of drug-likeness (QED) is 0.779. The maximum absolute atomic E-state index is 11.8. The molecule has 23 heavy (non-hydrogen) atoms. The molecule has 0 saturated carbocycles. The molecule has 118 valence electrons. The predicted octanol–water partition coefficient (Wildman–Crippen LogP) is 3.23. The summed E-state index contributed by atoms with van der Waals surface area (Å²) in [4.78, 5) is 23.5. The van der Waals surface area contributed by atoms with Gasteiger partial charge in [-0.2, -0.15) is 0 Å². The summed E-state index contributed by atoms with van der Waals surface area (Å²) >= 11 is 0. The Morgan fingerprint density at radius 1 is 1.17 bits per heavy atom. The van der Waals surface area contributed by atoms with E-state index in [9.17, 15) is 4.79 Å². The van der Waals surface area contributed by atoms with Crippen molar-refractivity contribution in [2.24, 2.45) is 0 Å². The van der Waals surface area contributed by atoms with E-state index in [1.54, 1.807) is 12.3 Å². The van der Waals surface area contributed by atoms with Gasteiger partial charge in [-0.1, -0.05) is 39.0 Å². The van der Waals surface area contributed by atoms with Crippen LogP contribution in [0.5, 0.6) is 0 Å². The lowest BCUT2D eigenvalue weighted by Gasteiger charge is -2.17. The minimum absolute atomic E-state index is 0.0985. The number of rotatable bonds is 3. The van der Waals surface area contributed by atoms with E-state index in [0.29, 0.717) is 6.54 Å². The normalized spacial score (nSPS) is 11.6. The summed E-state index contributed by atoms with van der Waals surface area (Å²) in [5.74, 6) is 1.55. The van der Waals surface area contributed by atoms with Crippen LogP contribution in [0.2, 0.25) is 0 Å². The highest BCUT2D eigenvalue weighted by atomic mass is 16.1. The van der Waals surface area contributed by atoms with Gasteiger partial charge in [-0.05, 0) is 17.7 Å². The van der Waals surface area contributed by atoms with Crippen molar-refractivity contribution in [2.75, 3.05) is 5.32 Å². The summed E-state index contributed by atoms with van der Waals surface area (Å²) < 4.78 is 0. The fraction of sp³-hybridized carbons (Fsp3) is 0.278. The SMILES string of the molecule is CC(C)(C)c1nccc(NCc2cc(=O)[nH]c3ccccc23)n1. The number of benzene rings is 1. The molecule has 0 spiro atoms. The number of anilines is 1. The average molecular weight is 308 g/mol. The third-order valence-corrected chi connectivity index (χ3v) is 3.62. The third kappa shape index (κ3) is 3.39. The summed E-state index contributed by atoms with van der Waals surface area (Å²) in [6, 6.07) is 11.2. The highest BCUT2D eigenvalue weighted by molar-refractivity contribution is 5.82. The van der Waals surface area contributed by atoms with Crippen LogP contribution in [0.3, 0.4) is 0 Å². The van der Waals surface area contributed by atoms with Crippen molar-refractivity contribution in [2.45, 2.75) is 32.7 Å². The molecule has 0 radical (unpaired) electrons. The molecule has 2 heterocycles. The first-order valence-corrected chi connectivity index (χ1v) is 7.62. The van der Waals surface area contributed by atoms with Gasteiger partial charge in [0.15, 0.2) is 0 Å². The first kappa shape index (κ1) is 15.2. The van der Waals surface area contributed by atoms with Crippen LogP contribution in [0.1, 0.15) is 32.2 Å².